The maximum Gasteiger partial charge on any atom is 0.472 e. The number of unbranched alkanes of at least 4 members (excludes halogenated alkanes) is 10. The lowest BCUT2D eigenvalue weighted by Crippen LogP contribution is -2.27. The number of amides is 1. The Balaban J connectivity index is 3.64. The van der Waals surface area contributed by atoms with Gasteiger partial charge < -0.3 is 20.1 Å². The molecule has 0 fully saturated rings. The molecule has 9 nitrogen and oxygen atoms in total. The van der Waals surface area contributed by atoms with Crippen molar-refractivity contribution in [3.63, 3.8) is 0 Å². The first-order chi connectivity index (χ1) is 15.8. The Kier molecular flexibility index (Phi) is 20.9. The van der Waals surface area contributed by atoms with Gasteiger partial charge in [-0.15, -0.1) is 0 Å². The van der Waals surface area contributed by atoms with Gasteiger partial charge in [-0.25, -0.2) is 4.57 Å². The van der Waals surface area contributed by atoms with Crippen molar-refractivity contribution in [3.8, 4) is 0 Å². The normalized spacial score (nSPS) is 13.9. The van der Waals surface area contributed by atoms with Crippen LogP contribution in [0.1, 0.15) is 104 Å². The van der Waals surface area contributed by atoms with Gasteiger partial charge in [-0.3, -0.25) is 18.6 Å². The molecule has 0 rings (SSSR count). The maximum absolute atomic E-state index is 11.7. The molecule has 10 heteroatoms. The van der Waals surface area contributed by atoms with Crippen LogP contribution in [0.2, 0.25) is 0 Å². The number of aliphatic hydroxyl groups excluding tert-OH is 1. The van der Waals surface area contributed by atoms with Gasteiger partial charge in [0.05, 0.1) is 13.2 Å². The Morgan fingerprint density at radius 2 is 1.39 bits per heavy atom. The Morgan fingerprint density at radius 1 is 0.818 bits per heavy atom. The zero-order valence-corrected chi connectivity index (χ0v) is 21.5. The summed E-state index contributed by atoms with van der Waals surface area (Å²) in [5, 5.41) is 12.3. The van der Waals surface area contributed by atoms with E-state index in [1.165, 1.54) is 51.4 Å². The molecule has 0 aliphatic rings. The lowest BCUT2D eigenvalue weighted by Gasteiger charge is -2.15. The molecule has 0 saturated carbocycles. The molecule has 0 aliphatic carbocycles. The summed E-state index contributed by atoms with van der Waals surface area (Å²) in [6, 6.07) is 0. The number of esters is 1. The van der Waals surface area contributed by atoms with Gasteiger partial charge >= 0.3 is 13.8 Å². The molecule has 2 atom stereocenters. The van der Waals surface area contributed by atoms with E-state index in [2.05, 4.69) is 16.8 Å². The van der Waals surface area contributed by atoms with Crippen LogP contribution in [0, 0.1) is 0 Å². The van der Waals surface area contributed by atoms with Crippen LogP contribution in [0.4, 0.5) is 0 Å². The maximum atomic E-state index is 11.7. The van der Waals surface area contributed by atoms with E-state index >= 15 is 0 Å². The third kappa shape index (κ3) is 22.6. The van der Waals surface area contributed by atoms with Crippen LogP contribution >= 0.6 is 7.82 Å². The molecule has 0 aromatic rings. The number of hydrogen-bond acceptors (Lipinski definition) is 7. The number of ether oxygens (including phenoxy) is 1. The minimum Gasteiger partial charge on any atom is -0.463 e. The van der Waals surface area contributed by atoms with Crippen LogP contribution in [-0.2, 0) is 27.9 Å². The Morgan fingerprint density at radius 3 is 1.97 bits per heavy atom. The highest BCUT2D eigenvalue weighted by Crippen LogP contribution is 2.42. The zero-order valence-electron chi connectivity index (χ0n) is 20.6. The van der Waals surface area contributed by atoms with Gasteiger partial charge in [-0.1, -0.05) is 78.1 Å². The first kappa shape index (κ1) is 32.0. The standard InChI is InChI=1S/C23H46NO8P/c1-3-5-6-7-8-9-10-11-12-13-14-16-23(27)30-19-21(25)20-32-33(28,29)31-18-17-24-22(26)15-4-2/h21,25H,3-20H2,1-2H3,(H,24,26)(H,28,29). The number of hydrogen-bond donors (Lipinski definition) is 3. The third-order valence-electron chi connectivity index (χ3n) is 5.01. The summed E-state index contributed by atoms with van der Waals surface area (Å²) >= 11 is 0. The molecule has 1 amide bonds. The molecule has 0 bridgehead atoms. The molecular formula is C23H46NO8P. The molecule has 0 aliphatic heterocycles. The van der Waals surface area contributed by atoms with Gasteiger partial charge in [-0.2, -0.15) is 0 Å². The van der Waals surface area contributed by atoms with Crippen molar-refractivity contribution in [3.05, 3.63) is 0 Å². The van der Waals surface area contributed by atoms with Gasteiger partial charge in [0, 0.05) is 19.4 Å². The van der Waals surface area contributed by atoms with Gasteiger partial charge in [0.1, 0.15) is 12.7 Å². The van der Waals surface area contributed by atoms with Crippen molar-refractivity contribution < 1.29 is 37.9 Å². The van der Waals surface area contributed by atoms with Gasteiger partial charge in [0.25, 0.3) is 0 Å². The van der Waals surface area contributed by atoms with E-state index in [4.69, 9.17) is 9.26 Å². The predicted molar refractivity (Wildman–Crippen MR) is 128 cm³/mol. The zero-order chi connectivity index (χ0) is 24.8. The van der Waals surface area contributed by atoms with Crippen LogP contribution in [-0.4, -0.2) is 54.3 Å². The smallest absolute Gasteiger partial charge is 0.463 e. The fourth-order valence-electron chi connectivity index (χ4n) is 3.13. The van der Waals surface area contributed by atoms with E-state index in [1.54, 1.807) is 0 Å². The first-order valence-electron chi connectivity index (χ1n) is 12.5. The molecule has 196 valence electrons. The van der Waals surface area contributed by atoms with Crippen molar-refractivity contribution in [1.29, 1.82) is 0 Å². The largest absolute Gasteiger partial charge is 0.472 e. The van der Waals surface area contributed by atoms with Crippen LogP contribution in [0.25, 0.3) is 0 Å². The van der Waals surface area contributed by atoms with Gasteiger partial charge in [-0.05, 0) is 12.8 Å². The predicted octanol–water partition coefficient (Wildman–Crippen LogP) is 4.64. The molecule has 3 N–H and O–H groups in total. The van der Waals surface area contributed by atoms with Crippen LogP contribution in [0.5, 0.6) is 0 Å². The summed E-state index contributed by atoms with van der Waals surface area (Å²) < 4.78 is 26.1. The number of rotatable bonds is 23. The van der Waals surface area contributed by atoms with Crippen molar-refractivity contribution in [2.24, 2.45) is 0 Å². The van der Waals surface area contributed by atoms with E-state index in [-0.39, 0.29) is 32.1 Å². The summed E-state index contributed by atoms with van der Waals surface area (Å²) in [5.74, 6) is -0.573. The minimum atomic E-state index is -4.36. The quantitative estimate of drug-likeness (QED) is 0.106. The summed E-state index contributed by atoms with van der Waals surface area (Å²) in [4.78, 5) is 32.6. The number of carbonyl (C=O) groups excluding carboxylic acids is 2. The molecule has 2 unspecified atom stereocenters. The van der Waals surface area contributed by atoms with Crippen molar-refractivity contribution in [1.82, 2.24) is 5.32 Å². The summed E-state index contributed by atoms with van der Waals surface area (Å²) in [7, 11) is -4.36. The number of phosphoric acid groups is 1. The van der Waals surface area contributed by atoms with E-state index in [9.17, 15) is 24.2 Å². The number of carbonyl (C=O) groups is 2. The molecule has 0 saturated heterocycles. The van der Waals surface area contributed by atoms with Crippen LogP contribution in [0.15, 0.2) is 0 Å². The molecule has 0 radical (unpaired) electrons. The fraction of sp³-hybridized carbons (Fsp3) is 0.913. The summed E-state index contributed by atoms with van der Waals surface area (Å²) in [5.41, 5.74) is 0. The first-order valence-corrected chi connectivity index (χ1v) is 14.0. The number of aliphatic hydroxyl groups is 1. The van der Waals surface area contributed by atoms with E-state index < -0.39 is 26.5 Å². The van der Waals surface area contributed by atoms with Crippen molar-refractivity contribution in [2.45, 2.75) is 110 Å². The second kappa shape index (κ2) is 21.5. The Labute approximate surface area is 199 Å². The average molecular weight is 496 g/mol. The highest BCUT2D eigenvalue weighted by molar-refractivity contribution is 7.47. The highest BCUT2D eigenvalue weighted by atomic mass is 31.2. The second-order valence-electron chi connectivity index (χ2n) is 8.32. The second-order valence-corrected chi connectivity index (χ2v) is 9.77. The third-order valence-corrected chi connectivity index (χ3v) is 5.99. The summed E-state index contributed by atoms with van der Waals surface area (Å²) in [6.07, 6.45) is 13.3. The molecule has 0 aromatic carbocycles. The SMILES string of the molecule is CCCCCCCCCCCCCC(=O)OCC(O)COP(=O)(O)OCCNC(=O)CCC. The topological polar surface area (TPSA) is 131 Å². The van der Waals surface area contributed by atoms with Crippen LogP contribution < -0.4 is 5.32 Å². The highest BCUT2D eigenvalue weighted by Gasteiger charge is 2.23. The molecule has 33 heavy (non-hydrogen) atoms. The lowest BCUT2D eigenvalue weighted by molar-refractivity contribution is -0.147. The van der Waals surface area contributed by atoms with E-state index in [0.717, 1.165) is 19.3 Å². The Bertz CT molecular complexity index is 547. The van der Waals surface area contributed by atoms with Gasteiger partial charge in [0.15, 0.2) is 0 Å². The fourth-order valence-corrected chi connectivity index (χ4v) is 3.88. The molecule has 0 heterocycles. The number of nitrogens with one attached hydrogen (secondary N) is 1. The summed E-state index contributed by atoms with van der Waals surface area (Å²) in [6.45, 7) is 3.14. The van der Waals surface area contributed by atoms with E-state index in [1.807, 2.05) is 6.92 Å². The molecule has 0 spiro atoms. The van der Waals surface area contributed by atoms with Gasteiger partial charge in [0.2, 0.25) is 5.91 Å². The number of phosphoric ester groups is 1. The van der Waals surface area contributed by atoms with Crippen molar-refractivity contribution >= 4 is 19.7 Å². The lowest BCUT2D eigenvalue weighted by atomic mass is 10.1. The Hall–Kier alpha value is -0.990. The average Bonchev–Trinajstić information content (AvgIpc) is 2.78. The molecule has 0 aromatic heterocycles. The van der Waals surface area contributed by atoms with Crippen LogP contribution in [0.3, 0.4) is 0 Å². The minimum absolute atomic E-state index is 0.0754. The monoisotopic (exact) mass is 495 g/mol. The molecular weight excluding hydrogens is 449 g/mol. The van der Waals surface area contributed by atoms with E-state index in [0.29, 0.717) is 12.8 Å². The van der Waals surface area contributed by atoms with Crippen molar-refractivity contribution in [2.75, 3.05) is 26.4 Å².